The number of hydrogen-bond donors (Lipinski definition) is 3. The van der Waals surface area contributed by atoms with Crippen LogP contribution < -0.4 is 21.1 Å². The molecule has 1 aliphatic heterocycles. The molecule has 4 N–H and O–H groups in total. The second-order valence-corrected chi connectivity index (χ2v) is 11.1. The van der Waals surface area contributed by atoms with Crippen LogP contribution in [0, 0.1) is 11.8 Å². The summed E-state index contributed by atoms with van der Waals surface area (Å²) in [5, 5.41) is 7.12. The summed E-state index contributed by atoms with van der Waals surface area (Å²) in [7, 11) is 1.71. The maximum absolute atomic E-state index is 11.5. The number of ether oxygens (including phenoxy) is 3. The highest BCUT2D eigenvalue weighted by molar-refractivity contribution is 6.32. The van der Waals surface area contributed by atoms with E-state index in [1.54, 1.807) is 13.3 Å². The van der Waals surface area contributed by atoms with E-state index in [1.807, 2.05) is 6.07 Å². The molecule has 208 valence electrons. The molecule has 2 fully saturated rings. The van der Waals surface area contributed by atoms with Crippen molar-refractivity contribution in [3.63, 3.8) is 0 Å². The van der Waals surface area contributed by atoms with Gasteiger partial charge in [-0.3, -0.25) is 4.90 Å². The largest absolute Gasteiger partial charge is 0.494 e. The molecule has 1 amide bonds. The summed E-state index contributed by atoms with van der Waals surface area (Å²) in [5.41, 5.74) is 8.72. The molecule has 0 radical (unpaired) electrons. The number of rotatable bonds is 7. The first-order chi connectivity index (χ1) is 19.0. The number of aromatic nitrogens is 2. The van der Waals surface area contributed by atoms with Gasteiger partial charge in [0.25, 0.3) is 0 Å². The zero-order valence-corrected chi connectivity index (χ0v) is 22.8. The van der Waals surface area contributed by atoms with E-state index in [2.05, 4.69) is 43.7 Å². The molecule has 4 aliphatic rings. The van der Waals surface area contributed by atoms with Crippen molar-refractivity contribution in [2.45, 2.75) is 50.3 Å². The van der Waals surface area contributed by atoms with Gasteiger partial charge in [-0.1, -0.05) is 29.8 Å². The smallest absolute Gasteiger partial charge is 0.404 e. The number of primary amides is 1. The molecule has 10 nitrogen and oxygen atoms in total. The number of benzene rings is 1. The van der Waals surface area contributed by atoms with Crippen LogP contribution in [-0.2, 0) is 22.3 Å². The van der Waals surface area contributed by atoms with Crippen molar-refractivity contribution >= 4 is 35.1 Å². The van der Waals surface area contributed by atoms with Crippen molar-refractivity contribution in [3.05, 3.63) is 46.6 Å². The van der Waals surface area contributed by atoms with Gasteiger partial charge < -0.3 is 30.6 Å². The van der Waals surface area contributed by atoms with Crippen LogP contribution in [0.25, 0.3) is 0 Å². The molecule has 39 heavy (non-hydrogen) atoms. The summed E-state index contributed by atoms with van der Waals surface area (Å²) in [6.07, 6.45) is 9.72. The van der Waals surface area contributed by atoms with E-state index in [-0.39, 0.29) is 24.0 Å². The number of carbonyl (C=O) groups excluding carboxylic acids is 1. The van der Waals surface area contributed by atoms with Crippen LogP contribution in [0.2, 0.25) is 5.02 Å². The van der Waals surface area contributed by atoms with Gasteiger partial charge in [-0.2, -0.15) is 4.98 Å². The van der Waals surface area contributed by atoms with Crippen molar-refractivity contribution in [3.8, 4) is 5.75 Å². The zero-order valence-electron chi connectivity index (χ0n) is 22.1. The highest BCUT2D eigenvalue weighted by atomic mass is 35.5. The fourth-order valence-electron chi connectivity index (χ4n) is 6.66. The minimum Gasteiger partial charge on any atom is -0.494 e. The minimum absolute atomic E-state index is 0.130. The SMILES string of the molecule is COc1c(Nc2ncc(Cl)c(N[C@H]3[C@@H](OC(N)=O)[C@@H]4C=C[C@H]3C4)n2)ccc2c1CC[C@H](N1CCOCC1)CC2. The maximum atomic E-state index is 11.5. The Kier molecular flexibility index (Phi) is 7.51. The summed E-state index contributed by atoms with van der Waals surface area (Å²) in [6, 6.07) is 4.60. The van der Waals surface area contributed by atoms with Crippen LogP contribution in [0.5, 0.6) is 5.75 Å². The Bertz CT molecular complexity index is 1250. The number of nitrogens with one attached hydrogen (secondary N) is 2. The van der Waals surface area contributed by atoms with Crippen LogP contribution in [0.4, 0.5) is 22.2 Å². The van der Waals surface area contributed by atoms with Gasteiger partial charge in [-0.25, -0.2) is 9.78 Å². The summed E-state index contributed by atoms with van der Waals surface area (Å²) in [5.74, 6) is 2.03. The van der Waals surface area contributed by atoms with Gasteiger partial charge in [0.1, 0.15) is 16.9 Å². The molecular formula is C28H35ClN6O4. The van der Waals surface area contributed by atoms with Crippen LogP contribution >= 0.6 is 11.6 Å². The van der Waals surface area contributed by atoms with E-state index in [0.29, 0.717) is 22.8 Å². The van der Waals surface area contributed by atoms with E-state index in [9.17, 15) is 4.79 Å². The molecule has 2 aromatic rings. The molecule has 5 atom stereocenters. The number of morpholine rings is 1. The van der Waals surface area contributed by atoms with Gasteiger partial charge in [0.2, 0.25) is 5.95 Å². The highest BCUT2D eigenvalue weighted by Crippen LogP contribution is 2.43. The fourth-order valence-corrected chi connectivity index (χ4v) is 6.81. The number of amides is 1. The first-order valence-electron chi connectivity index (χ1n) is 13.7. The van der Waals surface area contributed by atoms with Crippen LogP contribution in [0.1, 0.15) is 30.4 Å². The monoisotopic (exact) mass is 554 g/mol. The lowest BCUT2D eigenvalue weighted by molar-refractivity contribution is 0.0136. The first-order valence-corrected chi connectivity index (χ1v) is 14.1. The standard InChI is InChI=1S/C28H35ClN6O4/c1-37-25-20-8-7-19(35-10-12-38-13-11-35)6-4-16(20)5-9-22(25)32-28-31-15-21(29)26(34-28)33-23-17-2-3-18(14-17)24(23)39-27(30)36/h2-3,5,9,15,17-19,23-24H,4,6-8,10-14H2,1H3,(H2,30,36)(H2,31,32,33,34)/t17-,18+,19+,23+,24-/m0/s1. The third kappa shape index (κ3) is 5.37. The first kappa shape index (κ1) is 26.2. The molecule has 0 unspecified atom stereocenters. The van der Waals surface area contributed by atoms with Crippen molar-refractivity contribution in [2.24, 2.45) is 17.6 Å². The molecule has 6 rings (SSSR count). The number of halogens is 1. The van der Waals surface area contributed by atoms with Gasteiger partial charge in [0, 0.05) is 31.0 Å². The lowest BCUT2D eigenvalue weighted by Gasteiger charge is -2.34. The van der Waals surface area contributed by atoms with Gasteiger partial charge >= 0.3 is 6.09 Å². The number of carbonyl (C=O) groups is 1. The maximum Gasteiger partial charge on any atom is 0.404 e. The van der Waals surface area contributed by atoms with E-state index in [0.717, 1.165) is 69.8 Å². The normalized spacial score (nSPS) is 28.0. The summed E-state index contributed by atoms with van der Waals surface area (Å²) in [6.45, 7) is 3.64. The highest BCUT2D eigenvalue weighted by Gasteiger charge is 2.47. The van der Waals surface area contributed by atoms with Gasteiger partial charge in [-0.05, 0) is 49.3 Å². The van der Waals surface area contributed by atoms with Gasteiger partial charge in [0.05, 0.1) is 38.2 Å². The number of aryl methyl sites for hydroxylation is 1. The van der Waals surface area contributed by atoms with E-state index < -0.39 is 6.09 Å². The van der Waals surface area contributed by atoms with Crippen LogP contribution in [0.15, 0.2) is 30.5 Å². The molecule has 1 aromatic heterocycles. The summed E-state index contributed by atoms with van der Waals surface area (Å²) in [4.78, 5) is 23.2. The topological polar surface area (TPSA) is 124 Å². The summed E-state index contributed by atoms with van der Waals surface area (Å²) >= 11 is 6.48. The second-order valence-electron chi connectivity index (χ2n) is 10.7. The molecule has 2 bridgehead atoms. The number of fused-ring (bicyclic) bond motifs is 3. The molecule has 11 heteroatoms. The van der Waals surface area contributed by atoms with Crippen molar-refractivity contribution in [1.29, 1.82) is 0 Å². The Morgan fingerprint density at radius 2 is 1.97 bits per heavy atom. The predicted octanol–water partition coefficient (Wildman–Crippen LogP) is 3.91. The lowest BCUT2D eigenvalue weighted by atomic mass is 9.98. The van der Waals surface area contributed by atoms with E-state index in [4.69, 9.17) is 31.5 Å². The van der Waals surface area contributed by atoms with Crippen LogP contribution in [-0.4, -0.2) is 72.6 Å². The average molecular weight is 555 g/mol. The number of nitrogens with two attached hydrogens (primary N) is 1. The quantitative estimate of drug-likeness (QED) is 0.345. The molecule has 1 saturated carbocycles. The Balaban J connectivity index is 1.20. The molecule has 1 aromatic carbocycles. The summed E-state index contributed by atoms with van der Waals surface area (Å²) < 4.78 is 16.9. The van der Waals surface area contributed by atoms with E-state index in [1.165, 1.54) is 11.1 Å². The number of anilines is 3. The fraction of sp³-hybridized carbons (Fsp3) is 0.536. The Hall–Kier alpha value is -3.08. The minimum atomic E-state index is -0.782. The van der Waals surface area contributed by atoms with Gasteiger partial charge in [-0.15, -0.1) is 0 Å². The van der Waals surface area contributed by atoms with Gasteiger partial charge in [0.15, 0.2) is 5.82 Å². The molecular weight excluding hydrogens is 520 g/mol. The number of methoxy groups -OCH3 is 1. The Labute approximate surface area is 233 Å². The predicted molar refractivity (Wildman–Crippen MR) is 149 cm³/mol. The Morgan fingerprint density at radius 1 is 1.18 bits per heavy atom. The third-order valence-corrected chi connectivity index (χ3v) is 8.81. The zero-order chi connectivity index (χ0) is 26.9. The van der Waals surface area contributed by atoms with E-state index >= 15 is 0 Å². The molecule has 1 saturated heterocycles. The number of nitrogens with zero attached hydrogens (tertiary/aromatic N) is 3. The lowest BCUT2D eigenvalue weighted by Crippen LogP contribution is -2.43. The van der Waals surface area contributed by atoms with Crippen molar-refractivity contribution in [2.75, 3.05) is 44.0 Å². The second kappa shape index (κ2) is 11.2. The molecule has 3 aliphatic carbocycles. The van der Waals surface area contributed by atoms with Crippen molar-refractivity contribution in [1.82, 2.24) is 14.9 Å². The molecule has 0 spiro atoms. The third-order valence-electron chi connectivity index (χ3n) is 8.53. The average Bonchev–Trinajstić information content (AvgIpc) is 3.46. The molecule has 2 heterocycles. The Morgan fingerprint density at radius 3 is 2.77 bits per heavy atom. The van der Waals surface area contributed by atoms with Crippen molar-refractivity contribution < 1.29 is 19.0 Å². The van der Waals surface area contributed by atoms with Crippen LogP contribution in [0.3, 0.4) is 0 Å². The number of hydrogen-bond acceptors (Lipinski definition) is 9.